The average molecular weight is 610 g/mol. The molecule has 1 aromatic carbocycles. The maximum atomic E-state index is 6.66. The SMILES string of the molecule is COCCOCCN1CCN(c2ccc(-c3nc4c(NC5CCN(Cc6cccs6)CC5)c(Cl)cnc4[nH]3)cc2)CC1. The Hall–Kier alpha value is -2.73. The van der Waals surface area contributed by atoms with Gasteiger partial charge in [-0.05, 0) is 48.6 Å². The van der Waals surface area contributed by atoms with Crippen LogP contribution in [0.1, 0.15) is 17.7 Å². The van der Waals surface area contributed by atoms with Crippen molar-refractivity contribution in [2.24, 2.45) is 0 Å². The Morgan fingerprint density at radius 3 is 2.55 bits per heavy atom. The molecule has 9 nitrogen and oxygen atoms in total. The second kappa shape index (κ2) is 14.2. The lowest BCUT2D eigenvalue weighted by Gasteiger charge is -2.36. The summed E-state index contributed by atoms with van der Waals surface area (Å²) in [7, 11) is 1.70. The summed E-state index contributed by atoms with van der Waals surface area (Å²) in [5, 5.41) is 6.47. The summed E-state index contributed by atoms with van der Waals surface area (Å²) in [4.78, 5) is 21.8. The zero-order valence-electron chi connectivity index (χ0n) is 24.2. The van der Waals surface area contributed by atoms with E-state index in [1.54, 1.807) is 13.3 Å². The van der Waals surface area contributed by atoms with E-state index >= 15 is 0 Å². The number of fused-ring (bicyclic) bond motifs is 1. The van der Waals surface area contributed by atoms with Crippen LogP contribution in [0.4, 0.5) is 11.4 Å². The first-order valence-electron chi connectivity index (χ1n) is 14.9. The maximum Gasteiger partial charge on any atom is 0.159 e. The number of piperazine rings is 1. The van der Waals surface area contributed by atoms with Crippen molar-refractivity contribution in [3.05, 3.63) is 57.9 Å². The Balaban J connectivity index is 1.05. The molecule has 6 rings (SSSR count). The number of likely N-dealkylation sites (tertiary alicyclic amines) is 1. The van der Waals surface area contributed by atoms with Crippen LogP contribution in [0, 0.1) is 0 Å². The number of nitrogens with zero attached hydrogens (tertiary/aromatic N) is 5. The predicted octanol–water partition coefficient (Wildman–Crippen LogP) is 5.20. The van der Waals surface area contributed by atoms with Crippen molar-refractivity contribution in [2.75, 3.05) is 83.0 Å². The summed E-state index contributed by atoms with van der Waals surface area (Å²) < 4.78 is 10.7. The number of H-pyrrole nitrogens is 1. The van der Waals surface area contributed by atoms with Crippen molar-refractivity contribution in [1.29, 1.82) is 0 Å². The fourth-order valence-electron chi connectivity index (χ4n) is 5.76. The molecule has 2 N–H and O–H groups in total. The van der Waals surface area contributed by atoms with Crippen LogP contribution in [0.2, 0.25) is 5.02 Å². The summed E-state index contributed by atoms with van der Waals surface area (Å²) >= 11 is 8.49. The van der Waals surface area contributed by atoms with E-state index in [-0.39, 0.29) is 0 Å². The van der Waals surface area contributed by atoms with Gasteiger partial charge in [-0.1, -0.05) is 17.7 Å². The molecule has 0 saturated carbocycles. The van der Waals surface area contributed by atoms with Gasteiger partial charge in [0.15, 0.2) is 5.65 Å². The second-order valence-corrected chi connectivity index (χ2v) is 12.5. The highest BCUT2D eigenvalue weighted by Gasteiger charge is 2.23. The fraction of sp³-hybridized carbons (Fsp3) is 0.484. The van der Waals surface area contributed by atoms with Gasteiger partial charge in [0.05, 0.1) is 36.7 Å². The first-order valence-corrected chi connectivity index (χ1v) is 16.1. The van der Waals surface area contributed by atoms with Gasteiger partial charge >= 0.3 is 0 Å². The van der Waals surface area contributed by atoms with E-state index in [2.05, 4.69) is 71.8 Å². The minimum Gasteiger partial charge on any atom is -0.382 e. The minimum absolute atomic E-state index is 0.357. The predicted molar refractivity (Wildman–Crippen MR) is 172 cm³/mol. The molecule has 3 aromatic heterocycles. The van der Waals surface area contributed by atoms with Crippen LogP contribution in [0.25, 0.3) is 22.6 Å². The maximum absolute atomic E-state index is 6.66. The first-order chi connectivity index (χ1) is 20.7. The highest BCUT2D eigenvalue weighted by atomic mass is 35.5. The summed E-state index contributed by atoms with van der Waals surface area (Å²) in [5.41, 5.74) is 4.69. The van der Waals surface area contributed by atoms with Gasteiger partial charge in [-0.3, -0.25) is 9.80 Å². The average Bonchev–Trinajstić information content (AvgIpc) is 3.70. The highest BCUT2D eigenvalue weighted by molar-refractivity contribution is 7.09. The number of rotatable bonds is 12. The number of nitrogens with one attached hydrogen (secondary N) is 2. The highest BCUT2D eigenvalue weighted by Crippen LogP contribution is 2.33. The molecule has 0 unspecified atom stereocenters. The molecule has 2 aliphatic rings. The number of aromatic nitrogens is 3. The van der Waals surface area contributed by atoms with E-state index in [4.69, 9.17) is 26.1 Å². The van der Waals surface area contributed by atoms with Crippen LogP contribution in [0.15, 0.2) is 48.0 Å². The zero-order valence-corrected chi connectivity index (χ0v) is 25.8. The monoisotopic (exact) mass is 609 g/mol. The van der Waals surface area contributed by atoms with E-state index in [1.165, 1.54) is 10.6 Å². The van der Waals surface area contributed by atoms with Crippen LogP contribution in [0.3, 0.4) is 0 Å². The number of thiophene rings is 1. The number of hydrogen-bond donors (Lipinski definition) is 2. The van der Waals surface area contributed by atoms with Gasteiger partial charge in [0.25, 0.3) is 0 Å². The molecule has 0 bridgehead atoms. The first kappa shape index (κ1) is 29.3. The molecule has 2 saturated heterocycles. The minimum atomic E-state index is 0.357. The third kappa shape index (κ3) is 7.24. The number of piperidine rings is 1. The van der Waals surface area contributed by atoms with E-state index < -0.39 is 0 Å². The van der Waals surface area contributed by atoms with Crippen molar-refractivity contribution in [3.8, 4) is 11.4 Å². The fourth-order valence-corrected chi connectivity index (χ4v) is 6.70. The lowest BCUT2D eigenvalue weighted by atomic mass is 10.0. The van der Waals surface area contributed by atoms with Gasteiger partial charge in [0, 0.05) is 81.6 Å². The second-order valence-electron chi connectivity index (χ2n) is 11.0. The van der Waals surface area contributed by atoms with Gasteiger partial charge in [0.2, 0.25) is 0 Å². The quantitative estimate of drug-likeness (QED) is 0.212. The molecule has 11 heteroatoms. The molecular formula is C31H40ClN7O2S. The topological polar surface area (TPSA) is 81.8 Å². The summed E-state index contributed by atoms with van der Waals surface area (Å²) in [6.07, 6.45) is 3.86. The number of aromatic amines is 1. The van der Waals surface area contributed by atoms with Crippen molar-refractivity contribution in [2.45, 2.75) is 25.4 Å². The van der Waals surface area contributed by atoms with Gasteiger partial charge in [-0.15, -0.1) is 11.3 Å². The Morgan fingerprint density at radius 2 is 1.81 bits per heavy atom. The Kier molecular flexibility index (Phi) is 9.89. The molecule has 224 valence electrons. The Morgan fingerprint density at radius 1 is 1.00 bits per heavy atom. The molecule has 0 spiro atoms. The van der Waals surface area contributed by atoms with Crippen molar-refractivity contribution in [3.63, 3.8) is 0 Å². The molecule has 0 atom stereocenters. The van der Waals surface area contributed by atoms with Crippen LogP contribution >= 0.6 is 22.9 Å². The number of halogens is 1. The molecule has 5 heterocycles. The molecule has 0 amide bonds. The van der Waals surface area contributed by atoms with E-state index in [0.29, 0.717) is 24.3 Å². The van der Waals surface area contributed by atoms with Crippen LogP contribution in [-0.2, 0) is 16.0 Å². The van der Waals surface area contributed by atoms with Crippen LogP contribution < -0.4 is 10.2 Å². The van der Waals surface area contributed by atoms with E-state index in [1.807, 2.05) is 11.3 Å². The number of pyridine rings is 1. The number of methoxy groups -OCH3 is 1. The molecule has 4 aromatic rings. The number of imidazole rings is 1. The van der Waals surface area contributed by atoms with E-state index in [0.717, 1.165) is 100 Å². The van der Waals surface area contributed by atoms with Gasteiger partial charge in [-0.2, -0.15) is 0 Å². The van der Waals surface area contributed by atoms with Crippen LogP contribution in [0.5, 0.6) is 0 Å². The van der Waals surface area contributed by atoms with Gasteiger partial charge < -0.3 is 24.7 Å². The zero-order chi connectivity index (χ0) is 28.7. The summed E-state index contributed by atoms with van der Waals surface area (Å²) in [6, 6.07) is 13.4. The van der Waals surface area contributed by atoms with Crippen molar-refractivity contribution >= 4 is 45.5 Å². The molecule has 0 aliphatic carbocycles. The smallest absolute Gasteiger partial charge is 0.159 e. The number of benzene rings is 1. The summed E-state index contributed by atoms with van der Waals surface area (Å²) in [5.74, 6) is 0.804. The van der Waals surface area contributed by atoms with Gasteiger partial charge in [-0.25, -0.2) is 9.97 Å². The lowest BCUT2D eigenvalue weighted by molar-refractivity contribution is 0.0563. The number of anilines is 2. The molecule has 2 aliphatic heterocycles. The van der Waals surface area contributed by atoms with Crippen molar-refractivity contribution < 1.29 is 9.47 Å². The van der Waals surface area contributed by atoms with Crippen LogP contribution in [-0.4, -0.2) is 104 Å². The molecule has 42 heavy (non-hydrogen) atoms. The number of ether oxygens (including phenoxy) is 2. The van der Waals surface area contributed by atoms with E-state index in [9.17, 15) is 0 Å². The molecule has 2 fully saturated rings. The third-order valence-corrected chi connectivity index (χ3v) is 9.37. The largest absolute Gasteiger partial charge is 0.382 e. The normalized spacial score (nSPS) is 17.3. The lowest BCUT2D eigenvalue weighted by Crippen LogP contribution is -2.47. The molecule has 0 radical (unpaired) electrons. The number of hydrogen-bond acceptors (Lipinski definition) is 9. The van der Waals surface area contributed by atoms with Gasteiger partial charge in [0.1, 0.15) is 11.3 Å². The van der Waals surface area contributed by atoms with Crippen molar-refractivity contribution in [1.82, 2.24) is 24.8 Å². The Labute approximate surface area is 256 Å². The Bertz CT molecular complexity index is 1400. The third-order valence-electron chi connectivity index (χ3n) is 8.22. The molecular weight excluding hydrogens is 570 g/mol. The standard InChI is InChI=1S/C31H40ClN7O2S/c1-40-18-19-41-17-16-37-12-14-39(15-13-37)25-6-4-23(5-7-25)30-35-29-28(27(32)21-33-31(29)36-30)34-24-8-10-38(11-9-24)22-26-3-2-20-42-26/h2-7,20-21,24H,8-19,22H2,1H3,(H2,33,34,35,36). The summed E-state index contributed by atoms with van der Waals surface area (Å²) in [6.45, 7) is 10.3.